The monoisotopic (exact) mass is 186 g/mol. The summed E-state index contributed by atoms with van der Waals surface area (Å²) < 4.78 is 9.50. The molecule has 4 atom stereocenters. The molecule has 0 aromatic carbocycles. The van der Waals surface area contributed by atoms with Crippen molar-refractivity contribution in [2.75, 3.05) is 0 Å². The van der Waals surface area contributed by atoms with Gasteiger partial charge in [0.1, 0.15) is 12.2 Å². The fourth-order valence-corrected chi connectivity index (χ4v) is 1.63. The number of hydrogen-bond donors (Lipinski definition) is 2. The molecule has 0 amide bonds. The number of hydrogen-bond acceptors (Lipinski definition) is 5. The van der Waals surface area contributed by atoms with Crippen molar-refractivity contribution in [3.8, 4) is 0 Å². The first-order valence-corrected chi connectivity index (χ1v) is 4.01. The molecule has 5 nitrogen and oxygen atoms in total. The summed E-state index contributed by atoms with van der Waals surface area (Å²) in [5.74, 6) is 0. The van der Waals surface area contributed by atoms with Crippen LogP contribution in [-0.4, -0.2) is 40.8 Å². The lowest BCUT2D eigenvalue weighted by atomic mass is 9.91. The molecule has 0 aromatic heterocycles. The van der Waals surface area contributed by atoms with E-state index in [-0.39, 0.29) is 0 Å². The van der Waals surface area contributed by atoms with Crippen LogP contribution in [0.15, 0.2) is 11.6 Å². The quantitative estimate of drug-likeness (QED) is 0.396. The maximum atomic E-state index is 10.7. The number of ether oxygens (including phenoxy) is 2. The van der Waals surface area contributed by atoms with Gasteiger partial charge in [0.2, 0.25) is 0 Å². The van der Waals surface area contributed by atoms with Crippen LogP contribution in [0, 0.1) is 0 Å². The molecule has 0 bridgehead atoms. The van der Waals surface area contributed by atoms with Crippen molar-refractivity contribution in [1.82, 2.24) is 0 Å². The third-order valence-corrected chi connectivity index (χ3v) is 2.32. The first-order chi connectivity index (χ1) is 6.09. The summed E-state index contributed by atoms with van der Waals surface area (Å²) in [5, 5.41) is 18.7. The third-order valence-electron chi connectivity index (χ3n) is 2.32. The molecule has 0 aromatic rings. The first kappa shape index (κ1) is 8.52. The fraction of sp³-hybridized carbons (Fsp3) is 0.625. The van der Waals surface area contributed by atoms with Gasteiger partial charge in [0.25, 0.3) is 0 Å². The molecule has 1 fully saturated rings. The van der Waals surface area contributed by atoms with E-state index in [1.807, 2.05) is 0 Å². The van der Waals surface area contributed by atoms with Gasteiger partial charge in [-0.1, -0.05) is 6.08 Å². The van der Waals surface area contributed by atoms with Crippen LogP contribution in [0.1, 0.15) is 6.92 Å². The van der Waals surface area contributed by atoms with E-state index >= 15 is 0 Å². The predicted molar refractivity (Wildman–Crippen MR) is 40.9 cm³/mol. The van der Waals surface area contributed by atoms with E-state index in [4.69, 9.17) is 9.47 Å². The third kappa shape index (κ3) is 1.20. The van der Waals surface area contributed by atoms with Crippen LogP contribution in [-0.2, 0) is 9.47 Å². The van der Waals surface area contributed by atoms with Gasteiger partial charge in [-0.3, -0.25) is 0 Å². The summed E-state index contributed by atoms with van der Waals surface area (Å²) in [6, 6.07) is 0. The van der Waals surface area contributed by atoms with Gasteiger partial charge < -0.3 is 19.7 Å². The fourth-order valence-electron chi connectivity index (χ4n) is 1.63. The molecule has 2 aliphatic rings. The second-order valence-corrected chi connectivity index (χ2v) is 3.26. The SMILES string of the molecule is CC1=CC(O)C(O)C2OC(=O)OC12. The van der Waals surface area contributed by atoms with Crippen LogP contribution in [0.4, 0.5) is 4.79 Å². The molecular weight excluding hydrogens is 176 g/mol. The Morgan fingerprint density at radius 2 is 2.08 bits per heavy atom. The van der Waals surface area contributed by atoms with Crippen LogP contribution in [0.2, 0.25) is 0 Å². The number of aliphatic hydroxyl groups excluding tert-OH is 2. The topological polar surface area (TPSA) is 76.0 Å². The summed E-state index contributed by atoms with van der Waals surface area (Å²) >= 11 is 0. The Morgan fingerprint density at radius 1 is 1.38 bits per heavy atom. The second-order valence-electron chi connectivity index (χ2n) is 3.26. The minimum atomic E-state index is -1.10. The van der Waals surface area contributed by atoms with Gasteiger partial charge >= 0.3 is 6.16 Å². The summed E-state index contributed by atoms with van der Waals surface area (Å²) in [7, 11) is 0. The highest BCUT2D eigenvalue weighted by molar-refractivity contribution is 5.63. The zero-order valence-corrected chi connectivity index (χ0v) is 7.01. The molecule has 0 radical (unpaired) electrons. The summed E-state index contributed by atoms with van der Waals surface area (Å²) in [4.78, 5) is 10.7. The Morgan fingerprint density at radius 3 is 2.77 bits per heavy atom. The van der Waals surface area contributed by atoms with E-state index in [9.17, 15) is 15.0 Å². The molecule has 1 saturated heterocycles. The molecule has 1 aliphatic heterocycles. The molecule has 0 spiro atoms. The van der Waals surface area contributed by atoms with E-state index in [1.165, 1.54) is 6.08 Å². The highest BCUT2D eigenvalue weighted by Crippen LogP contribution is 2.30. The molecule has 0 saturated carbocycles. The van der Waals surface area contributed by atoms with Crippen LogP contribution in [0.5, 0.6) is 0 Å². The maximum Gasteiger partial charge on any atom is 0.509 e. The van der Waals surface area contributed by atoms with Crippen molar-refractivity contribution >= 4 is 6.16 Å². The summed E-state index contributed by atoms with van der Waals surface area (Å²) in [5.41, 5.74) is 0.702. The van der Waals surface area contributed by atoms with Crippen LogP contribution >= 0.6 is 0 Å². The standard InChI is InChI=1S/C8H10O5/c1-3-2-4(9)5(10)7-6(3)12-8(11)13-7/h2,4-7,9-10H,1H3. The molecule has 1 heterocycles. The van der Waals surface area contributed by atoms with Crippen molar-refractivity contribution in [3.63, 3.8) is 0 Å². The van der Waals surface area contributed by atoms with Crippen LogP contribution < -0.4 is 0 Å². The number of carbonyl (C=O) groups excluding carboxylic acids is 1. The van der Waals surface area contributed by atoms with E-state index in [1.54, 1.807) is 6.92 Å². The zero-order chi connectivity index (χ0) is 9.59. The Labute approximate surface area is 74.6 Å². The zero-order valence-electron chi connectivity index (χ0n) is 7.01. The van der Waals surface area contributed by atoms with Crippen molar-refractivity contribution in [3.05, 3.63) is 11.6 Å². The number of rotatable bonds is 0. The highest BCUT2D eigenvalue weighted by Gasteiger charge is 2.47. The Hall–Kier alpha value is -1.07. The largest absolute Gasteiger partial charge is 0.509 e. The lowest BCUT2D eigenvalue weighted by Gasteiger charge is -2.28. The lowest BCUT2D eigenvalue weighted by molar-refractivity contribution is -0.0468. The lowest BCUT2D eigenvalue weighted by Crippen LogP contribution is -2.46. The van der Waals surface area contributed by atoms with Gasteiger partial charge in [-0.2, -0.15) is 0 Å². The van der Waals surface area contributed by atoms with E-state index in [0.29, 0.717) is 5.57 Å². The molecule has 5 heteroatoms. The van der Waals surface area contributed by atoms with E-state index < -0.39 is 30.6 Å². The molecule has 2 N–H and O–H groups in total. The van der Waals surface area contributed by atoms with Gasteiger partial charge in [0, 0.05) is 0 Å². The van der Waals surface area contributed by atoms with Gasteiger partial charge in [-0.15, -0.1) is 0 Å². The molecule has 1 aliphatic carbocycles. The molecular formula is C8H10O5. The molecule has 72 valence electrons. The van der Waals surface area contributed by atoms with Crippen molar-refractivity contribution < 1.29 is 24.5 Å². The second kappa shape index (κ2) is 2.71. The van der Waals surface area contributed by atoms with Crippen molar-refractivity contribution in [2.45, 2.75) is 31.3 Å². The van der Waals surface area contributed by atoms with Crippen LogP contribution in [0.3, 0.4) is 0 Å². The minimum Gasteiger partial charge on any atom is -0.424 e. The smallest absolute Gasteiger partial charge is 0.424 e. The number of fused-ring (bicyclic) bond motifs is 1. The van der Waals surface area contributed by atoms with Gasteiger partial charge in [0.05, 0.1) is 0 Å². The van der Waals surface area contributed by atoms with Gasteiger partial charge in [-0.25, -0.2) is 4.79 Å². The van der Waals surface area contributed by atoms with E-state index in [2.05, 4.69) is 0 Å². The van der Waals surface area contributed by atoms with Crippen molar-refractivity contribution in [2.24, 2.45) is 0 Å². The normalized spacial score (nSPS) is 43.3. The van der Waals surface area contributed by atoms with Crippen molar-refractivity contribution in [1.29, 1.82) is 0 Å². The first-order valence-electron chi connectivity index (χ1n) is 4.01. The van der Waals surface area contributed by atoms with E-state index in [0.717, 1.165) is 0 Å². The Balaban J connectivity index is 2.29. The Kier molecular flexibility index (Phi) is 1.78. The predicted octanol–water partition coefficient (Wildman–Crippen LogP) is -0.428. The van der Waals surface area contributed by atoms with Gasteiger partial charge in [-0.05, 0) is 12.5 Å². The minimum absolute atomic E-state index is 0.550. The molecule has 4 unspecified atom stereocenters. The maximum absolute atomic E-state index is 10.7. The van der Waals surface area contributed by atoms with Gasteiger partial charge in [0.15, 0.2) is 12.2 Å². The number of carbonyl (C=O) groups is 1. The average molecular weight is 186 g/mol. The molecule has 2 rings (SSSR count). The van der Waals surface area contributed by atoms with Crippen LogP contribution in [0.25, 0.3) is 0 Å². The number of aliphatic hydroxyl groups is 2. The highest BCUT2D eigenvalue weighted by atomic mass is 16.8. The average Bonchev–Trinajstić information content (AvgIpc) is 2.44. The summed E-state index contributed by atoms with van der Waals surface area (Å²) in [6.07, 6.45) is -2.74. The summed E-state index contributed by atoms with van der Waals surface area (Å²) in [6.45, 7) is 1.72. The Bertz CT molecular complexity index is 272. The molecule has 13 heavy (non-hydrogen) atoms.